The van der Waals surface area contributed by atoms with E-state index in [4.69, 9.17) is 74.8 Å². The molecule has 0 fully saturated rings. The number of carbonyl (C=O) groups is 3. The van der Waals surface area contributed by atoms with Gasteiger partial charge in [0, 0.05) is 90.7 Å². The Hall–Kier alpha value is -3.80. The van der Waals surface area contributed by atoms with E-state index in [2.05, 4.69) is 30.5 Å². The van der Waals surface area contributed by atoms with Crippen LogP contribution in [-0.2, 0) is 67.5 Å². The third-order valence-electron chi connectivity index (χ3n) is 12.4. The van der Waals surface area contributed by atoms with Gasteiger partial charge in [-0.2, -0.15) is 0 Å². The molecule has 410 valence electrons. The molecular formula is C53H68Cl4N6O11S. The van der Waals surface area contributed by atoms with Gasteiger partial charge in [0.25, 0.3) is 0 Å². The number of carbonyl (C=O) groups excluding carboxylic acids is 3. The molecule has 2 aliphatic rings. The number of hydrogen-bond donors (Lipinski definition) is 4. The van der Waals surface area contributed by atoms with Crippen LogP contribution in [0.2, 0.25) is 20.1 Å². The minimum atomic E-state index is -3.78. The summed E-state index contributed by atoms with van der Waals surface area (Å²) in [4.78, 5) is 41.9. The molecule has 4 aromatic rings. The van der Waals surface area contributed by atoms with Crippen molar-refractivity contribution in [2.45, 2.75) is 36.2 Å². The summed E-state index contributed by atoms with van der Waals surface area (Å²) in [5.74, 6) is -0.996. The van der Waals surface area contributed by atoms with Gasteiger partial charge < -0.3 is 54.2 Å². The van der Waals surface area contributed by atoms with E-state index in [0.717, 1.165) is 52.0 Å². The van der Waals surface area contributed by atoms with Crippen molar-refractivity contribution in [3.63, 3.8) is 0 Å². The molecular weight excluding hydrogens is 1070 g/mol. The van der Waals surface area contributed by atoms with Crippen LogP contribution in [-0.4, -0.2) is 175 Å². The maximum atomic E-state index is 13.1. The number of hydrogen-bond acceptors (Lipinski definition) is 14. The number of sulfonamides is 1. The Bertz CT molecular complexity index is 2620. The fourth-order valence-corrected chi connectivity index (χ4v) is 11.0. The Labute approximate surface area is 460 Å². The summed E-state index contributed by atoms with van der Waals surface area (Å²) in [6.45, 7) is 7.78. The van der Waals surface area contributed by atoms with E-state index in [-0.39, 0.29) is 55.5 Å². The number of nitrogens with one attached hydrogen (secondary N) is 4. The molecule has 2 atom stereocenters. The van der Waals surface area contributed by atoms with E-state index in [1.807, 2.05) is 56.6 Å². The van der Waals surface area contributed by atoms with E-state index in [1.165, 1.54) is 0 Å². The number of Topliss-reactive ketones (excluding diaryl/α,β-unsaturated/α-hetero) is 2. The molecule has 0 saturated carbocycles. The molecule has 2 unspecified atom stereocenters. The molecule has 22 heteroatoms. The Morgan fingerprint density at radius 2 is 1.01 bits per heavy atom. The van der Waals surface area contributed by atoms with Gasteiger partial charge in [-0.25, -0.2) is 17.9 Å². The summed E-state index contributed by atoms with van der Waals surface area (Å²) in [5.41, 5.74) is 6.80. The highest BCUT2D eigenvalue weighted by Gasteiger charge is 2.29. The lowest BCUT2D eigenvalue weighted by molar-refractivity contribution is -0.135. The van der Waals surface area contributed by atoms with Crippen LogP contribution >= 0.6 is 46.4 Å². The van der Waals surface area contributed by atoms with Gasteiger partial charge in [0.2, 0.25) is 21.6 Å². The van der Waals surface area contributed by atoms with Crippen molar-refractivity contribution in [3.8, 4) is 0 Å². The summed E-state index contributed by atoms with van der Waals surface area (Å²) in [6, 6.07) is 21.7. The van der Waals surface area contributed by atoms with Crippen LogP contribution in [0.4, 0.5) is 4.79 Å². The topological polar surface area (TPSA) is 195 Å². The number of halogens is 4. The number of likely N-dealkylation sites (N-methyl/N-ethyl adjacent to an activating group) is 2. The monoisotopic (exact) mass is 1140 g/mol. The standard InChI is InChI=1S/C53H68Cl4N6O11S/c1-62-33-45(43-28-40(54)30-49(56)47(43)35-62)38-6-3-5-37(25-38)26-51(64)52(65)32-58-9-13-69-17-21-73-22-18-70-14-10-59-53(66)60-11-15-71-19-23-74-24-20-72-16-12-61-75(67,68)42-8-4-7-39(27-42)46-34-63(2)36-48-44(46)29-41(55)31-50(48)57/h3-8,25,27-31,45-46,58,61H,9-24,26,32-36H2,1-2H3,(H2,59,60,66). The highest BCUT2D eigenvalue weighted by atomic mass is 35.5. The molecule has 0 spiro atoms. The van der Waals surface area contributed by atoms with Crippen LogP contribution in [0, 0.1) is 0 Å². The zero-order valence-corrected chi connectivity index (χ0v) is 46.3. The number of amides is 2. The van der Waals surface area contributed by atoms with Crippen molar-refractivity contribution in [1.29, 1.82) is 0 Å². The van der Waals surface area contributed by atoms with Crippen molar-refractivity contribution < 1.29 is 51.2 Å². The third-order valence-corrected chi connectivity index (χ3v) is 15.0. The number of rotatable bonds is 33. The summed E-state index contributed by atoms with van der Waals surface area (Å²) >= 11 is 25.7. The lowest BCUT2D eigenvalue weighted by Crippen LogP contribution is -2.39. The lowest BCUT2D eigenvalue weighted by Gasteiger charge is -2.33. The van der Waals surface area contributed by atoms with Gasteiger partial charge in [-0.1, -0.05) is 82.8 Å². The van der Waals surface area contributed by atoms with Gasteiger partial charge in [0.1, 0.15) is 0 Å². The van der Waals surface area contributed by atoms with Crippen LogP contribution in [0.25, 0.3) is 0 Å². The SMILES string of the molecule is CN1Cc2c(Cl)cc(Cl)cc2C(c2cccc(CC(=O)C(=O)CNCCOCCOCCOCCNC(=O)NCCOCCOCCOCCNS(=O)(=O)c3cccc(C4CN(C)Cc5c(Cl)cc(Cl)cc54)c3)c2)C1. The molecule has 0 saturated heterocycles. The molecule has 2 amide bonds. The normalized spacial score (nSPS) is 15.9. The molecule has 6 rings (SSSR count). The van der Waals surface area contributed by atoms with Gasteiger partial charge in [0.05, 0.1) is 90.7 Å². The van der Waals surface area contributed by atoms with Crippen LogP contribution in [0.15, 0.2) is 77.7 Å². The molecule has 4 aromatic carbocycles. The first-order valence-electron chi connectivity index (χ1n) is 24.9. The molecule has 17 nitrogen and oxygen atoms in total. The van der Waals surface area contributed by atoms with E-state index in [0.29, 0.717) is 119 Å². The highest BCUT2D eigenvalue weighted by Crippen LogP contribution is 2.40. The van der Waals surface area contributed by atoms with Gasteiger partial charge in [-0.15, -0.1) is 0 Å². The summed E-state index contributed by atoms with van der Waals surface area (Å²) in [6.07, 6.45) is 0.0178. The second-order valence-electron chi connectivity index (χ2n) is 18.2. The largest absolute Gasteiger partial charge is 0.378 e. The minimum Gasteiger partial charge on any atom is -0.378 e. The first kappa shape index (κ1) is 60.4. The minimum absolute atomic E-state index is 0.0178. The number of ether oxygens (including phenoxy) is 6. The average Bonchev–Trinajstić information content (AvgIpc) is 3.38. The maximum Gasteiger partial charge on any atom is 0.314 e. The molecule has 0 radical (unpaired) electrons. The fraction of sp³-hybridized carbons (Fsp3) is 0.491. The number of nitrogens with zero attached hydrogens (tertiary/aromatic N) is 2. The van der Waals surface area contributed by atoms with E-state index >= 15 is 0 Å². The predicted octanol–water partition coefficient (Wildman–Crippen LogP) is 6.10. The van der Waals surface area contributed by atoms with Crippen molar-refractivity contribution in [3.05, 3.63) is 132 Å². The Balaban J connectivity index is 0.682. The molecule has 2 aliphatic heterocycles. The van der Waals surface area contributed by atoms with Gasteiger partial charge in [0.15, 0.2) is 0 Å². The summed E-state index contributed by atoms with van der Waals surface area (Å²) in [5, 5.41) is 10.8. The van der Waals surface area contributed by atoms with Crippen LogP contribution in [0.5, 0.6) is 0 Å². The summed E-state index contributed by atoms with van der Waals surface area (Å²) in [7, 11) is 0.272. The van der Waals surface area contributed by atoms with Crippen LogP contribution in [0.1, 0.15) is 50.8 Å². The first-order chi connectivity index (χ1) is 36.2. The van der Waals surface area contributed by atoms with Crippen molar-refractivity contribution in [2.24, 2.45) is 0 Å². The predicted molar refractivity (Wildman–Crippen MR) is 290 cm³/mol. The lowest BCUT2D eigenvalue weighted by atomic mass is 9.84. The Morgan fingerprint density at radius 1 is 0.560 bits per heavy atom. The van der Waals surface area contributed by atoms with Crippen LogP contribution in [0.3, 0.4) is 0 Å². The number of ketones is 2. The number of benzene rings is 4. The van der Waals surface area contributed by atoms with Crippen molar-refractivity contribution >= 4 is 74.0 Å². The molecule has 2 heterocycles. The number of urea groups is 1. The van der Waals surface area contributed by atoms with E-state index in [9.17, 15) is 22.8 Å². The molecule has 0 bridgehead atoms. The maximum absolute atomic E-state index is 13.1. The van der Waals surface area contributed by atoms with Gasteiger partial charge in [-0.05, 0) is 89.4 Å². The summed E-state index contributed by atoms with van der Waals surface area (Å²) < 4.78 is 62.0. The number of fused-ring (bicyclic) bond motifs is 2. The molecule has 0 aliphatic carbocycles. The molecule has 75 heavy (non-hydrogen) atoms. The van der Waals surface area contributed by atoms with Gasteiger partial charge in [-0.3, -0.25) is 9.59 Å². The third kappa shape index (κ3) is 19.9. The Morgan fingerprint density at radius 3 is 1.53 bits per heavy atom. The zero-order chi connectivity index (χ0) is 53.6. The highest BCUT2D eigenvalue weighted by molar-refractivity contribution is 7.89. The van der Waals surface area contributed by atoms with E-state index < -0.39 is 21.6 Å². The average molecular weight is 1140 g/mol. The first-order valence-corrected chi connectivity index (χ1v) is 27.9. The quantitative estimate of drug-likeness (QED) is 0.0316. The molecule has 0 aromatic heterocycles. The van der Waals surface area contributed by atoms with Crippen LogP contribution < -0.4 is 20.7 Å². The fourth-order valence-electron chi connectivity index (χ4n) is 8.76. The second kappa shape index (κ2) is 31.6. The second-order valence-corrected chi connectivity index (χ2v) is 21.6. The molecule has 4 N–H and O–H groups in total. The van der Waals surface area contributed by atoms with Crippen molar-refractivity contribution in [1.82, 2.24) is 30.5 Å². The van der Waals surface area contributed by atoms with E-state index in [1.54, 1.807) is 30.3 Å². The van der Waals surface area contributed by atoms with Gasteiger partial charge >= 0.3 is 6.03 Å². The Kier molecular flexibility index (Phi) is 25.4. The zero-order valence-electron chi connectivity index (χ0n) is 42.4. The smallest absolute Gasteiger partial charge is 0.314 e. The van der Waals surface area contributed by atoms with Crippen molar-refractivity contribution in [2.75, 3.05) is 139 Å².